The number of hydrazine groups is 1. The molecular weight excluding hydrogens is 411 g/mol. The molecule has 0 fully saturated rings. The molecule has 26 heavy (non-hydrogen) atoms. The lowest BCUT2D eigenvalue weighted by molar-refractivity contribution is -0.385. The predicted molar refractivity (Wildman–Crippen MR) is 93.5 cm³/mol. The number of amides is 2. The molecule has 9 nitrogen and oxygen atoms in total. The molecule has 0 radical (unpaired) electrons. The number of nitrogens with zero attached hydrogens (tertiary/aromatic N) is 2. The summed E-state index contributed by atoms with van der Waals surface area (Å²) in [5, 5.41) is 11.0. The summed E-state index contributed by atoms with van der Waals surface area (Å²) in [4.78, 5) is 37.6. The van der Waals surface area contributed by atoms with Crippen LogP contribution in [0.2, 0.25) is 15.2 Å². The number of pyridine rings is 1. The molecule has 2 aromatic rings. The monoisotopic (exact) mass is 418 g/mol. The number of carbonyl (C=O) groups is 2. The third-order valence-corrected chi connectivity index (χ3v) is 3.80. The zero-order valence-electron chi connectivity index (χ0n) is 12.7. The highest BCUT2D eigenvalue weighted by Gasteiger charge is 2.19. The molecule has 0 atom stereocenters. The Morgan fingerprint density at radius 1 is 1.15 bits per heavy atom. The Labute approximate surface area is 161 Å². The van der Waals surface area contributed by atoms with Crippen molar-refractivity contribution in [3.8, 4) is 5.88 Å². The van der Waals surface area contributed by atoms with E-state index >= 15 is 0 Å². The first-order chi connectivity index (χ1) is 12.3. The lowest BCUT2D eigenvalue weighted by Gasteiger charge is -2.10. The standard InChI is InChI=1S/C14H9Cl3N4O5/c15-8-5-9(16)14(18-12(8)17)26-6-11(22)19-20-13(23)7-3-1-2-4-10(7)21(24)25/h1-5H,6H2,(H,19,22)(H,20,23). The first-order valence-corrected chi connectivity index (χ1v) is 7.90. The van der Waals surface area contributed by atoms with Crippen LogP contribution in [0.5, 0.6) is 5.88 Å². The maximum Gasteiger partial charge on any atom is 0.282 e. The zero-order chi connectivity index (χ0) is 19.3. The van der Waals surface area contributed by atoms with Gasteiger partial charge < -0.3 is 4.74 Å². The van der Waals surface area contributed by atoms with Gasteiger partial charge in [-0.05, 0) is 12.1 Å². The van der Waals surface area contributed by atoms with Crippen LogP contribution in [0.4, 0.5) is 5.69 Å². The molecule has 12 heteroatoms. The summed E-state index contributed by atoms with van der Waals surface area (Å²) in [6.07, 6.45) is 0. The van der Waals surface area contributed by atoms with E-state index in [1.807, 2.05) is 10.9 Å². The molecule has 2 N–H and O–H groups in total. The molecule has 0 aliphatic heterocycles. The molecule has 0 aliphatic rings. The third-order valence-electron chi connectivity index (χ3n) is 2.86. The number of ether oxygens (including phenoxy) is 1. The minimum Gasteiger partial charge on any atom is -0.466 e. The highest BCUT2D eigenvalue weighted by atomic mass is 35.5. The number of halogens is 3. The van der Waals surface area contributed by atoms with E-state index in [9.17, 15) is 19.7 Å². The van der Waals surface area contributed by atoms with E-state index < -0.39 is 29.0 Å². The fraction of sp³-hybridized carbons (Fsp3) is 0.0714. The zero-order valence-corrected chi connectivity index (χ0v) is 14.9. The SMILES string of the molecule is O=C(COc1nc(Cl)c(Cl)cc1Cl)NNC(=O)c1ccccc1[N+](=O)[O-]. The maximum absolute atomic E-state index is 11.9. The van der Waals surface area contributed by atoms with Gasteiger partial charge in [-0.1, -0.05) is 46.9 Å². The van der Waals surface area contributed by atoms with E-state index in [4.69, 9.17) is 39.5 Å². The van der Waals surface area contributed by atoms with E-state index in [-0.39, 0.29) is 26.6 Å². The number of rotatable bonds is 5. The Kier molecular flexibility index (Phi) is 6.56. The molecule has 0 spiro atoms. The van der Waals surface area contributed by atoms with E-state index in [1.54, 1.807) is 0 Å². The van der Waals surface area contributed by atoms with Gasteiger partial charge in [-0.2, -0.15) is 4.98 Å². The van der Waals surface area contributed by atoms with E-state index in [0.29, 0.717) is 0 Å². The molecule has 1 heterocycles. The van der Waals surface area contributed by atoms with Gasteiger partial charge in [0.2, 0.25) is 5.88 Å². The van der Waals surface area contributed by atoms with Gasteiger partial charge in [-0.15, -0.1) is 0 Å². The molecular formula is C14H9Cl3N4O5. The van der Waals surface area contributed by atoms with Gasteiger partial charge in [0.15, 0.2) is 11.8 Å². The summed E-state index contributed by atoms with van der Waals surface area (Å²) in [5.41, 5.74) is 3.47. The highest BCUT2D eigenvalue weighted by molar-refractivity contribution is 6.42. The van der Waals surface area contributed by atoms with Crippen LogP contribution in [0.15, 0.2) is 30.3 Å². The van der Waals surface area contributed by atoms with Crippen LogP contribution in [0.3, 0.4) is 0 Å². The molecule has 0 saturated heterocycles. The van der Waals surface area contributed by atoms with Crippen molar-refractivity contribution in [2.75, 3.05) is 6.61 Å². The number of nitro groups is 1. The van der Waals surface area contributed by atoms with Crippen molar-refractivity contribution >= 4 is 52.3 Å². The van der Waals surface area contributed by atoms with Gasteiger partial charge >= 0.3 is 0 Å². The van der Waals surface area contributed by atoms with Crippen LogP contribution in [0.1, 0.15) is 10.4 Å². The average Bonchev–Trinajstić information content (AvgIpc) is 2.61. The van der Waals surface area contributed by atoms with E-state index in [1.165, 1.54) is 24.3 Å². The minimum atomic E-state index is -0.864. The molecule has 2 amide bonds. The first-order valence-electron chi connectivity index (χ1n) is 6.76. The summed E-state index contributed by atoms with van der Waals surface area (Å²) in [6, 6.07) is 6.56. The minimum absolute atomic E-state index is 0.0381. The van der Waals surface area contributed by atoms with Gasteiger partial charge in [-0.3, -0.25) is 30.6 Å². The second-order valence-corrected chi connectivity index (χ2v) is 5.79. The summed E-state index contributed by atoms with van der Waals surface area (Å²) < 4.78 is 5.08. The number of aromatic nitrogens is 1. The van der Waals surface area contributed by atoms with Gasteiger partial charge in [-0.25, -0.2) is 0 Å². The van der Waals surface area contributed by atoms with Crippen molar-refractivity contribution in [2.45, 2.75) is 0 Å². The first kappa shape index (κ1) is 19.7. The Balaban J connectivity index is 1.92. The van der Waals surface area contributed by atoms with Crippen LogP contribution in [-0.2, 0) is 4.79 Å². The van der Waals surface area contributed by atoms with Crippen LogP contribution in [-0.4, -0.2) is 28.3 Å². The Morgan fingerprint density at radius 3 is 2.54 bits per heavy atom. The lowest BCUT2D eigenvalue weighted by atomic mass is 10.2. The summed E-state index contributed by atoms with van der Waals surface area (Å²) in [6.45, 7) is -0.554. The summed E-state index contributed by atoms with van der Waals surface area (Å²) >= 11 is 17.3. The number of nitro benzene ring substituents is 1. The summed E-state index contributed by atoms with van der Waals surface area (Å²) in [5.74, 6) is -1.75. The number of hydrogen-bond donors (Lipinski definition) is 2. The van der Waals surface area contributed by atoms with Crippen molar-refractivity contribution in [3.63, 3.8) is 0 Å². The molecule has 136 valence electrons. The topological polar surface area (TPSA) is 123 Å². The van der Waals surface area contributed by atoms with E-state index in [0.717, 1.165) is 6.07 Å². The maximum atomic E-state index is 11.9. The number of para-hydroxylation sites is 1. The Morgan fingerprint density at radius 2 is 1.85 bits per heavy atom. The largest absolute Gasteiger partial charge is 0.466 e. The van der Waals surface area contributed by atoms with Crippen molar-refractivity contribution < 1.29 is 19.2 Å². The fourth-order valence-corrected chi connectivity index (χ4v) is 2.26. The van der Waals surface area contributed by atoms with Crippen LogP contribution in [0.25, 0.3) is 0 Å². The van der Waals surface area contributed by atoms with Crippen molar-refractivity contribution in [1.82, 2.24) is 15.8 Å². The van der Waals surface area contributed by atoms with Crippen molar-refractivity contribution in [3.05, 3.63) is 61.2 Å². The molecule has 0 aliphatic carbocycles. The predicted octanol–water partition coefficient (Wildman–Crippen LogP) is 2.79. The van der Waals surface area contributed by atoms with E-state index in [2.05, 4.69) is 4.98 Å². The quantitative estimate of drug-likeness (QED) is 0.436. The Bertz CT molecular complexity index is 878. The fourth-order valence-electron chi connectivity index (χ4n) is 1.72. The number of benzene rings is 1. The van der Waals surface area contributed by atoms with Crippen LogP contribution < -0.4 is 15.6 Å². The second kappa shape index (κ2) is 8.65. The van der Waals surface area contributed by atoms with Crippen LogP contribution in [0, 0.1) is 10.1 Å². The highest BCUT2D eigenvalue weighted by Crippen LogP contribution is 2.30. The van der Waals surface area contributed by atoms with Gasteiger partial charge in [0.05, 0.1) is 9.95 Å². The second-order valence-electron chi connectivity index (χ2n) is 4.61. The lowest BCUT2D eigenvalue weighted by Crippen LogP contribution is -2.44. The molecule has 2 rings (SSSR count). The van der Waals surface area contributed by atoms with Crippen LogP contribution >= 0.6 is 34.8 Å². The summed E-state index contributed by atoms with van der Waals surface area (Å²) in [7, 11) is 0. The smallest absolute Gasteiger partial charge is 0.282 e. The number of hydrogen-bond acceptors (Lipinski definition) is 6. The molecule has 1 aromatic heterocycles. The molecule has 1 aromatic carbocycles. The normalized spacial score (nSPS) is 10.1. The third kappa shape index (κ3) is 4.94. The van der Waals surface area contributed by atoms with Gasteiger partial charge in [0.1, 0.15) is 10.6 Å². The number of carbonyl (C=O) groups excluding carboxylic acids is 2. The average molecular weight is 420 g/mol. The molecule has 0 bridgehead atoms. The van der Waals surface area contributed by atoms with Gasteiger partial charge in [0, 0.05) is 6.07 Å². The van der Waals surface area contributed by atoms with Gasteiger partial charge in [0.25, 0.3) is 17.5 Å². The van der Waals surface area contributed by atoms with Crippen molar-refractivity contribution in [2.24, 2.45) is 0 Å². The Hall–Kier alpha value is -2.62. The van der Waals surface area contributed by atoms with Crippen molar-refractivity contribution in [1.29, 1.82) is 0 Å². The molecule has 0 saturated carbocycles. The number of nitrogens with one attached hydrogen (secondary N) is 2. The molecule has 0 unspecified atom stereocenters.